The van der Waals surface area contributed by atoms with E-state index >= 15 is 0 Å². The molecule has 3 rings (SSSR count). The fraction of sp³-hybridized carbons (Fsp3) is 0.364. The van der Waals surface area contributed by atoms with Gasteiger partial charge in [0.1, 0.15) is 23.8 Å². The zero-order valence-electron chi connectivity index (χ0n) is 19.4. The van der Waals surface area contributed by atoms with E-state index in [1.54, 1.807) is 25.1 Å². The maximum Gasteiger partial charge on any atom is 0.319 e. The normalized spacial score (nSPS) is 10.6. The third-order valence-corrected chi connectivity index (χ3v) is 6.84. The first-order valence-electron chi connectivity index (χ1n) is 10.6. The molecular weight excluding hydrogens is 498 g/mol. The number of carbonyl (C=O) groups excluding carboxylic acids is 3. The largest absolute Gasteiger partial charge is 0.497 e. The molecular formula is C22H25N3O8S2. The van der Waals surface area contributed by atoms with E-state index in [0.29, 0.717) is 27.8 Å². The highest BCUT2D eigenvalue weighted by atomic mass is 32.9. The number of fused-ring (bicyclic) bond motifs is 1. The van der Waals surface area contributed by atoms with Crippen LogP contribution < -0.4 is 25.7 Å². The van der Waals surface area contributed by atoms with Crippen molar-refractivity contribution in [2.75, 3.05) is 39.3 Å². The van der Waals surface area contributed by atoms with Gasteiger partial charge in [-0.15, -0.1) is 0 Å². The van der Waals surface area contributed by atoms with Crippen molar-refractivity contribution in [3.05, 3.63) is 33.9 Å². The van der Waals surface area contributed by atoms with Crippen molar-refractivity contribution in [1.82, 2.24) is 9.88 Å². The second-order valence-electron chi connectivity index (χ2n) is 6.97. The molecule has 2 heterocycles. The molecule has 2 aliphatic rings. The van der Waals surface area contributed by atoms with Crippen LogP contribution in [0.25, 0.3) is 16.3 Å². The summed E-state index contributed by atoms with van der Waals surface area (Å²) in [6, 6.07) is 4.47. The third-order valence-electron chi connectivity index (χ3n) is 4.76. The number of urea groups is 1. The predicted octanol–water partition coefficient (Wildman–Crippen LogP) is 3.09. The molecule has 35 heavy (non-hydrogen) atoms. The van der Waals surface area contributed by atoms with Gasteiger partial charge in [0.2, 0.25) is 0 Å². The standard InChI is InChI=1S/C22H25N3O8S2/c1-4-32-17(26)7-8-18(27)33-10-9-23-22(29)24-19-20-15(12-34-35-20)25(21(19)28)14-6-5-13(30-2)11-16(14)31-3/h5-6,11-12H,4,7-10H2,1-3H3,(H2,23,24,29). The molecule has 0 spiro atoms. The van der Waals surface area contributed by atoms with Gasteiger partial charge in [0.15, 0.2) is 0 Å². The molecule has 0 fully saturated rings. The predicted molar refractivity (Wildman–Crippen MR) is 131 cm³/mol. The van der Waals surface area contributed by atoms with E-state index in [1.165, 1.54) is 39.5 Å². The Morgan fingerprint density at radius 2 is 1.80 bits per heavy atom. The van der Waals surface area contributed by atoms with Crippen LogP contribution in [0.3, 0.4) is 0 Å². The molecule has 0 atom stereocenters. The number of rotatable bonds is 11. The highest BCUT2D eigenvalue weighted by molar-refractivity contribution is 7.70. The third kappa shape index (κ3) is 6.31. The minimum atomic E-state index is -0.621. The lowest BCUT2D eigenvalue weighted by molar-refractivity contribution is -0.150. The molecule has 0 saturated heterocycles. The number of amides is 2. The highest BCUT2D eigenvalue weighted by Gasteiger charge is 2.26. The number of ether oxygens (including phenoxy) is 4. The van der Waals surface area contributed by atoms with Crippen LogP contribution in [0.4, 0.5) is 10.5 Å². The van der Waals surface area contributed by atoms with Crippen molar-refractivity contribution < 1.29 is 33.3 Å². The van der Waals surface area contributed by atoms with Crippen LogP contribution in [-0.2, 0) is 19.1 Å². The number of methoxy groups -OCH3 is 2. The first-order valence-corrected chi connectivity index (χ1v) is 12.8. The van der Waals surface area contributed by atoms with Crippen molar-refractivity contribution >= 4 is 44.3 Å². The summed E-state index contributed by atoms with van der Waals surface area (Å²) in [6.45, 7) is 1.86. The molecule has 0 aromatic heterocycles. The summed E-state index contributed by atoms with van der Waals surface area (Å²) in [4.78, 5) is 49.2. The Morgan fingerprint density at radius 3 is 2.49 bits per heavy atom. The molecule has 1 aromatic rings. The minimum Gasteiger partial charge on any atom is -0.497 e. The molecule has 2 amide bonds. The van der Waals surface area contributed by atoms with E-state index in [0.717, 1.165) is 0 Å². The van der Waals surface area contributed by atoms with Gasteiger partial charge < -0.3 is 29.6 Å². The molecule has 13 heteroatoms. The number of carbonyl (C=O) groups is 3. The fourth-order valence-corrected chi connectivity index (χ4v) is 5.38. The van der Waals surface area contributed by atoms with E-state index in [2.05, 4.69) is 10.6 Å². The van der Waals surface area contributed by atoms with Gasteiger partial charge in [-0.25, -0.2) is 4.79 Å². The van der Waals surface area contributed by atoms with E-state index < -0.39 is 23.5 Å². The van der Waals surface area contributed by atoms with Gasteiger partial charge in [-0.1, -0.05) is 20.7 Å². The molecule has 2 N–H and O–H groups in total. The Bertz CT molecular complexity index is 1220. The van der Waals surface area contributed by atoms with E-state index in [1.807, 2.05) is 5.38 Å². The Labute approximate surface area is 208 Å². The molecule has 188 valence electrons. The summed E-state index contributed by atoms with van der Waals surface area (Å²) in [5, 5.41) is 6.96. The molecule has 0 aliphatic carbocycles. The van der Waals surface area contributed by atoms with Crippen molar-refractivity contribution in [2.24, 2.45) is 0 Å². The van der Waals surface area contributed by atoms with Crippen LogP contribution in [0, 0.1) is 0 Å². The van der Waals surface area contributed by atoms with Gasteiger partial charge in [0.25, 0.3) is 5.56 Å². The van der Waals surface area contributed by atoms with E-state index in [4.69, 9.17) is 18.9 Å². The smallest absolute Gasteiger partial charge is 0.319 e. The van der Waals surface area contributed by atoms with Gasteiger partial charge in [-0.05, 0) is 19.1 Å². The second-order valence-corrected chi connectivity index (χ2v) is 9.05. The maximum absolute atomic E-state index is 13.2. The van der Waals surface area contributed by atoms with E-state index in [-0.39, 0.29) is 38.3 Å². The SMILES string of the molecule is CCOC(=O)CCC(=O)OCCNC(=O)Nc1c2sscc-2n(-c2ccc(OC)cc2OC)c1=O. The first kappa shape index (κ1) is 26.0. The van der Waals surface area contributed by atoms with Gasteiger partial charge in [0, 0.05) is 11.4 Å². The Balaban J connectivity index is 1.63. The molecule has 1 aromatic carbocycles. The molecule has 0 radical (unpaired) electrons. The Morgan fingerprint density at radius 1 is 1.06 bits per heavy atom. The van der Waals surface area contributed by atoms with Crippen LogP contribution in [0.1, 0.15) is 19.8 Å². The minimum absolute atomic E-state index is 0.0222. The molecule has 2 aliphatic heterocycles. The topological polar surface area (TPSA) is 134 Å². The van der Waals surface area contributed by atoms with Crippen molar-refractivity contribution in [1.29, 1.82) is 0 Å². The average Bonchev–Trinajstić information content (AvgIpc) is 3.42. The molecule has 0 unspecified atom stereocenters. The highest BCUT2D eigenvalue weighted by Crippen LogP contribution is 2.40. The van der Waals surface area contributed by atoms with E-state index in [9.17, 15) is 19.2 Å². The van der Waals surface area contributed by atoms with Crippen LogP contribution in [-0.4, -0.2) is 56.5 Å². The Hall–Kier alpha value is -3.58. The number of hydrogen-bond acceptors (Lipinski definition) is 10. The number of benzene rings is 1. The summed E-state index contributed by atoms with van der Waals surface area (Å²) < 4.78 is 21.9. The lowest BCUT2D eigenvalue weighted by atomic mass is 10.2. The van der Waals surface area contributed by atoms with Crippen molar-refractivity contribution in [3.8, 4) is 27.8 Å². The van der Waals surface area contributed by atoms with Crippen LogP contribution in [0.5, 0.6) is 11.5 Å². The summed E-state index contributed by atoms with van der Waals surface area (Å²) in [6.07, 6.45) is -0.176. The summed E-state index contributed by atoms with van der Waals surface area (Å²) in [5.74, 6) is -0.0333. The first-order chi connectivity index (χ1) is 16.9. The number of nitrogens with zero attached hydrogens (tertiary/aromatic N) is 1. The summed E-state index contributed by atoms with van der Waals surface area (Å²) in [7, 11) is 5.81. The van der Waals surface area contributed by atoms with Crippen LogP contribution in [0.2, 0.25) is 0 Å². The zero-order chi connectivity index (χ0) is 25.4. The quantitative estimate of drug-likeness (QED) is 0.222. The average molecular weight is 524 g/mol. The Kier molecular flexibility index (Phi) is 9.09. The van der Waals surface area contributed by atoms with Crippen molar-refractivity contribution in [2.45, 2.75) is 19.8 Å². The molecule has 0 bridgehead atoms. The second kappa shape index (κ2) is 12.2. The van der Waals surface area contributed by atoms with Gasteiger partial charge in [0.05, 0.1) is 56.5 Å². The van der Waals surface area contributed by atoms with Gasteiger partial charge in [-0.2, -0.15) is 0 Å². The number of esters is 2. The molecule has 0 saturated carbocycles. The number of anilines is 1. The van der Waals surface area contributed by atoms with Crippen LogP contribution in [0.15, 0.2) is 28.4 Å². The number of aromatic nitrogens is 1. The summed E-state index contributed by atoms with van der Waals surface area (Å²) >= 11 is 0. The van der Waals surface area contributed by atoms with Gasteiger partial charge >= 0.3 is 18.0 Å². The lowest BCUT2D eigenvalue weighted by Gasteiger charge is -2.11. The molecule has 11 nitrogen and oxygen atoms in total. The van der Waals surface area contributed by atoms with Crippen molar-refractivity contribution in [3.63, 3.8) is 0 Å². The maximum atomic E-state index is 13.2. The lowest BCUT2D eigenvalue weighted by Crippen LogP contribution is -2.33. The van der Waals surface area contributed by atoms with Crippen LogP contribution >= 0.6 is 20.7 Å². The zero-order valence-corrected chi connectivity index (χ0v) is 21.0. The summed E-state index contributed by atoms with van der Waals surface area (Å²) in [5.41, 5.74) is 0.868. The number of nitrogens with one attached hydrogen (secondary N) is 2. The van der Waals surface area contributed by atoms with Gasteiger partial charge in [-0.3, -0.25) is 19.0 Å². The fourth-order valence-electron chi connectivity index (χ4n) is 3.17. The number of hydrogen-bond donors (Lipinski definition) is 2. The monoisotopic (exact) mass is 523 g/mol.